The van der Waals surface area contributed by atoms with Gasteiger partial charge in [0.15, 0.2) is 0 Å². The number of aryl methyl sites for hydroxylation is 1. The van der Waals surface area contributed by atoms with Gasteiger partial charge in [0.1, 0.15) is 11.9 Å². The van der Waals surface area contributed by atoms with E-state index < -0.39 is 17.9 Å². The lowest BCUT2D eigenvalue weighted by molar-refractivity contribution is -0.180. The average molecular weight is 627 g/mol. The molecule has 2 heterocycles. The van der Waals surface area contributed by atoms with Gasteiger partial charge in [0, 0.05) is 44.9 Å². The van der Waals surface area contributed by atoms with Gasteiger partial charge in [-0.25, -0.2) is 25.2 Å². The van der Waals surface area contributed by atoms with Crippen molar-refractivity contribution in [2.75, 3.05) is 38.2 Å². The number of hydrazine groups is 1. The predicted octanol–water partition coefficient (Wildman–Crippen LogP) is 6.21. The minimum Gasteiger partial charge on any atom is -0.463 e. The van der Waals surface area contributed by atoms with Crippen LogP contribution in [0.1, 0.15) is 82.1 Å². The lowest BCUT2D eigenvalue weighted by Crippen LogP contribution is -2.44. The molecule has 0 saturated carbocycles. The van der Waals surface area contributed by atoms with E-state index in [1.54, 1.807) is 17.9 Å². The van der Waals surface area contributed by atoms with Gasteiger partial charge in [-0.1, -0.05) is 31.0 Å². The number of urea groups is 1. The summed E-state index contributed by atoms with van der Waals surface area (Å²) in [6, 6.07) is 13.0. The number of nitrogens with zero attached hydrogens (tertiary/aromatic N) is 1. The lowest BCUT2D eigenvalue weighted by Gasteiger charge is -2.32. The molecule has 3 N–H and O–H groups in total. The van der Waals surface area contributed by atoms with Crippen LogP contribution in [0, 0.1) is 0 Å². The molecule has 12 heteroatoms. The minimum atomic E-state index is -0.720. The molecule has 1 saturated heterocycles. The van der Waals surface area contributed by atoms with Gasteiger partial charge in [0.2, 0.25) is 5.79 Å². The highest BCUT2D eigenvalue weighted by molar-refractivity contribution is 5.90. The molecule has 2 aliphatic rings. The van der Waals surface area contributed by atoms with Gasteiger partial charge >= 0.3 is 18.2 Å². The molecule has 2 aliphatic heterocycles. The SMILES string of the molecule is CCOC(=O)NNC(=O)Nc1cccc(CCCCOCCCCCCN2C[C@@H](c3ccc4c(c3)COC(C)(C)O4)OC2=O)c1. The quantitative estimate of drug-likeness (QED) is 0.157. The van der Waals surface area contributed by atoms with Crippen molar-refractivity contribution in [3.8, 4) is 5.75 Å². The molecule has 0 aromatic heterocycles. The van der Waals surface area contributed by atoms with E-state index in [1.807, 2.05) is 50.2 Å². The fraction of sp³-hybridized carbons (Fsp3) is 0.545. The summed E-state index contributed by atoms with van der Waals surface area (Å²) >= 11 is 0. The van der Waals surface area contributed by atoms with E-state index in [0.717, 1.165) is 74.0 Å². The Morgan fingerprint density at radius 3 is 2.62 bits per heavy atom. The molecule has 0 spiro atoms. The molecule has 4 amide bonds. The number of unbranched alkanes of at least 4 members (excludes halogenated alkanes) is 4. The number of hydrogen-bond donors (Lipinski definition) is 3. The normalized spacial score (nSPS) is 16.7. The van der Waals surface area contributed by atoms with Crippen molar-refractivity contribution in [1.82, 2.24) is 15.8 Å². The molecular weight excluding hydrogens is 580 g/mol. The second-order valence-corrected chi connectivity index (χ2v) is 11.6. The first-order valence-electron chi connectivity index (χ1n) is 15.8. The van der Waals surface area contributed by atoms with Crippen LogP contribution in [0.3, 0.4) is 0 Å². The van der Waals surface area contributed by atoms with Crippen LogP contribution in [-0.2, 0) is 32.0 Å². The number of cyclic esters (lactones) is 1. The van der Waals surface area contributed by atoms with E-state index in [9.17, 15) is 14.4 Å². The molecule has 0 radical (unpaired) electrons. The molecule has 2 aromatic rings. The molecule has 2 aromatic carbocycles. The fourth-order valence-electron chi connectivity index (χ4n) is 5.16. The van der Waals surface area contributed by atoms with Crippen molar-refractivity contribution in [1.29, 1.82) is 0 Å². The Labute approximate surface area is 265 Å². The molecule has 0 aliphatic carbocycles. The van der Waals surface area contributed by atoms with Crippen molar-refractivity contribution >= 4 is 23.9 Å². The number of fused-ring (bicyclic) bond motifs is 1. The number of rotatable bonds is 15. The Morgan fingerprint density at radius 1 is 1.00 bits per heavy atom. The third kappa shape index (κ3) is 11.1. The maximum absolute atomic E-state index is 12.4. The summed E-state index contributed by atoms with van der Waals surface area (Å²) in [5.74, 6) is 0.176. The van der Waals surface area contributed by atoms with Crippen LogP contribution in [0.4, 0.5) is 20.1 Å². The zero-order valence-electron chi connectivity index (χ0n) is 26.5. The van der Waals surface area contributed by atoms with Crippen molar-refractivity contribution in [2.24, 2.45) is 0 Å². The van der Waals surface area contributed by atoms with E-state index in [1.165, 1.54) is 0 Å². The van der Waals surface area contributed by atoms with Crippen LogP contribution < -0.4 is 20.9 Å². The maximum atomic E-state index is 12.4. The van der Waals surface area contributed by atoms with E-state index in [0.29, 0.717) is 32.0 Å². The predicted molar refractivity (Wildman–Crippen MR) is 168 cm³/mol. The third-order valence-corrected chi connectivity index (χ3v) is 7.48. The zero-order valence-corrected chi connectivity index (χ0v) is 26.5. The van der Waals surface area contributed by atoms with Gasteiger partial charge in [-0.3, -0.25) is 0 Å². The Kier molecular flexibility index (Phi) is 12.7. The Balaban J connectivity index is 1.01. The number of hydrogen-bond acceptors (Lipinski definition) is 8. The Morgan fingerprint density at radius 2 is 1.80 bits per heavy atom. The standard InChI is InChI=1S/C33H46N4O8/c1-4-42-31(39)36-35-30(38)34-27-14-11-13-24(20-27)12-7-10-19-41-18-9-6-5-8-17-37-22-29(44-32(37)40)25-15-16-28-26(21-25)23-43-33(2,3)45-28/h11,13-16,20-21,29H,4-10,12,17-19,22-23H2,1-3H3,(H,36,39)(H2,34,35,38)/t29-/m0/s1. The molecule has 4 rings (SSSR count). The second kappa shape index (κ2) is 16.9. The molecule has 1 fully saturated rings. The van der Waals surface area contributed by atoms with Crippen LogP contribution in [-0.4, -0.2) is 61.8 Å². The van der Waals surface area contributed by atoms with Crippen molar-refractivity contribution < 1.29 is 38.1 Å². The number of nitrogens with one attached hydrogen (secondary N) is 3. The van der Waals surface area contributed by atoms with Crippen molar-refractivity contribution in [3.05, 3.63) is 59.2 Å². The topological polar surface area (TPSA) is 137 Å². The molecule has 0 unspecified atom stereocenters. The molecule has 45 heavy (non-hydrogen) atoms. The van der Waals surface area contributed by atoms with Crippen molar-refractivity contribution in [2.45, 2.75) is 84.2 Å². The van der Waals surface area contributed by atoms with Crippen LogP contribution in [0.2, 0.25) is 0 Å². The summed E-state index contributed by atoms with van der Waals surface area (Å²) in [7, 11) is 0. The largest absolute Gasteiger partial charge is 0.463 e. The summed E-state index contributed by atoms with van der Waals surface area (Å²) in [5, 5.41) is 2.68. The van der Waals surface area contributed by atoms with E-state index in [-0.39, 0.29) is 18.8 Å². The highest BCUT2D eigenvalue weighted by Crippen LogP contribution is 2.35. The summed E-state index contributed by atoms with van der Waals surface area (Å²) in [6.07, 6.45) is 5.53. The lowest BCUT2D eigenvalue weighted by atomic mass is 10.0. The first kappa shape index (κ1) is 33.9. The number of benzene rings is 2. The Hall–Kier alpha value is -4.03. The highest BCUT2D eigenvalue weighted by Gasteiger charge is 2.33. The molecule has 1 atom stereocenters. The second-order valence-electron chi connectivity index (χ2n) is 11.6. The van der Waals surface area contributed by atoms with Crippen LogP contribution in [0.15, 0.2) is 42.5 Å². The third-order valence-electron chi connectivity index (χ3n) is 7.48. The van der Waals surface area contributed by atoms with Gasteiger partial charge in [-0.05, 0) is 74.4 Å². The minimum absolute atomic E-state index is 0.216. The number of amides is 4. The molecule has 246 valence electrons. The number of carbonyl (C=O) groups is 3. The van der Waals surface area contributed by atoms with Gasteiger partial charge in [-0.2, -0.15) is 0 Å². The molecular formula is C33H46N4O8. The Bertz CT molecular complexity index is 1290. The smallest absolute Gasteiger partial charge is 0.426 e. The van der Waals surface area contributed by atoms with Gasteiger partial charge < -0.3 is 33.9 Å². The van der Waals surface area contributed by atoms with E-state index >= 15 is 0 Å². The molecule has 0 bridgehead atoms. The van der Waals surface area contributed by atoms with E-state index in [4.69, 9.17) is 18.9 Å². The van der Waals surface area contributed by atoms with Gasteiger partial charge in [-0.15, -0.1) is 0 Å². The molecule has 12 nitrogen and oxygen atoms in total. The van der Waals surface area contributed by atoms with Gasteiger partial charge in [0.05, 0.1) is 19.8 Å². The number of carbonyl (C=O) groups excluding carboxylic acids is 3. The highest BCUT2D eigenvalue weighted by atomic mass is 16.7. The van der Waals surface area contributed by atoms with Crippen LogP contribution in [0.5, 0.6) is 5.75 Å². The number of anilines is 1. The van der Waals surface area contributed by atoms with Gasteiger partial charge in [0.25, 0.3) is 0 Å². The summed E-state index contributed by atoms with van der Waals surface area (Å²) in [4.78, 5) is 37.4. The number of ether oxygens (including phenoxy) is 5. The summed E-state index contributed by atoms with van der Waals surface area (Å²) in [5.41, 5.74) is 8.07. The fourth-order valence-corrected chi connectivity index (χ4v) is 5.16. The van der Waals surface area contributed by atoms with Crippen LogP contribution >= 0.6 is 0 Å². The summed E-state index contributed by atoms with van der Waals surface area (Å²) in [6.45, 7) is 8.82. The van der Waals surface area contributed by atoms with Crippen molar-refractivity contribution in [3.63, 3.8) is 0 Å². The average Bonchev–Trinajstić information content (AvgIpc) is 3.38. The zero-order chi connectivity index (χ0) is 32.1. The maximum Gasteiger partial charge on any atom is 0.426 e. The van der Waals surface area contributed by atoms with Crippen LogP contribution in [0.25, 0.3) is 0 Å². The van der Waals surface area contributed by atoms with E-state index in [2.05, 4.69) is 20.9 Å². The monoisotopic (exact) mass is 626 g/mol. The summed E-state index contributed by atoms with van der Waals surface area (Å²) < 4.78 is 27.8. The first-order valence-corrected chi connectivity index (χ1v) is 15.8. The first-order chi connectivity index (χ1) is 21.7.